The molecule has 1 heterocycles. The number of ketones is 1. The first kappa shape index (κ1) is 21.5. The maximum atomic E-state index is 12.5. The molecule has 1 aromatic carbocycles. The Bertz CT molecular complexity index is 1080. The van der Waals surface area contributed by atoms with E-state index in [0.717, 1.165) is 9.13 Å². The summed E-state index contributed by atoms with van der Waals surface area (Å²) in [6.07, 6.45) is 0. The smallest absolute Gasteiger partial charge is 0.342 e. The second kappa shape index (κ2) is 8.50. The molecule has 0 aliphatic heterocycles. The van der Waals surface area contributed by atoms with Gasteiger partial charge < -0.3 is 24.7 Å². The topological polar surface area (TPSA) is 141 Å². The average Bonchev–Trinajstić information content (AvgIpc) is 2.73. The highest BCUT2D eigenvalue weighted by molar-refractivity contribution is 6.02. The molecular formula is C18H21N3O8. The van der Waals surface area contributed by atoms with Crippen LogP contribution in [0.5, 0.6) is 17.2 Å². The predicted octanol–water partition coefficient (Wildman–Crippen LogP) is -0.268. The molecule has 0 aliphatic carbocycles. The minimum absolute atomic E-state index is 0.0145. The fraction of sp³-hybridized carbons (Fsp3) is 0.333. The highest BCUT2D eigenvalue weighted by Crippen LogP contribution is 2.34. The van der Waals surface area contributed by atoms with Gasteiger partial charge in [-0.3, -0.25) is 18.7 Å². The number of nitrogens with two attached hydrogens (primary N) is 1. The number of aromatic nitrogens is 2. The third-order valence-corrected chi connectivity index (χ3v) is 4.25. The molecule has 0 saturated heterocycles. The van der Waals surface area contributed by atoms with Crippen LogP contribution in [0.25, 0.3) is 0 Å². The van der Waals surface area contributed by atoms with Gasteiger partial charge in [-0.05, 0) is 0 Å². The summed E-state index contributed by atoms with van der Waals surface area (Å²) in [5.74, 6) is -1.34. The van der Waals surface area contributed by atoms with Gasteiger partial charge >= 0.3 is 11.7 Å². The largest absolute Gasteiger partial charge is 0.496 e. The lowest BCUT2D eigenvalue weighted by Crippen LogP contribution is -2.42. The molecule has 2 N–H and O–H groups in total. The van der Waals surface area contributed by atoms with Crippen LogP contribution in [0.1, 0.15) is 20.7 Å². The van der Waals surface area contributed by atoms with Gasteiger partial charge in [0.1, 0.15) is 22.7 Å². The Morgan fingerprint density at radius 1 is 0.931 bits per heavy atom. The number of carbonyl (C=O) groups is 2. The van der Waals surface area contributed by atoms with E-state index in [1.165, 1.54) is 47.6 Å². The first-order valence-corrected chi connectivity index (χ1v) is 8.23. The Morgan fingerprint density at radius 2 is 1.48 bits per heavy atom. The third kappa shape index (κ3) is 3.93. The number of nitrogen functional groups attached to an aromatic ring is 1. The average molecular weight is 407 g/mol. The number of benzene rings is 1. The summed E-state index contributed by atoms with van der Waals surface area (Å²) in [6, 6.07) is 2.77. The van der Waals surface area contributed by atoms with Crippen molar-refractivity contribution in [1.82, 2.24) is 9.13 Å². The zero-order valence-corrected chi connectivity index (χ0v) is 16.6. The van der Waals surface area contributed by atoms with Crippen molar-refractivity contribution in [3.05, 3.63) is 44.1 Å². The van der Waals surface area contributed by atoms with Gasteiger partial charge in [-0.2, -0.15) is 0 Å². The number of methoxy groups -OCH3 is 3. The molecule has 11 heteroatoms. The molecule has 0 saturated carbocycles. The molecule has 0 spiro atoms. The zero-order chi connectivity index (χ0) is 21.9. The van der Waals surface area contributed by atoms with Crippen molar-refractivity contribution in [3.63, 3.8) is 0 Å². The summed E-state index contributed by atoms with van der Waals surface area (Å²) in [5, 5.41) is 0. The minimum atomic E-state index is -0.892. The van der Waals surface area contributed by atoms with Crippen LogP contribution in [-0.4, -0.2) is 48.8 Å². The third-order valence-electron chi connectivity index (χ3n) is 4.25. The van der Waals surface area contributed by atoms with Gasteiger partial charge in [0.2, 0.25) is 5.78 Å². The van der Waals surface area contributed by atoms with E-state index in [-0.39, 0.29) is 22.9 Å². The summed E-state index contributed by atoms with van der Waals surface area (Å²) in [6.45, 7) is -0.770. The van der Waals surface area contributed by atoms with Gasteiger partial charge in [0, 0.05) is 26.2 Å². The van der Waals surface area contributed by atoms with Crippen LogP contribution in [0, 0.1) is 0 Å². The molecular weight excluding hydrogens is 386 g/mol. The molecule has 2 aromatic rings. The van der Waals surface area contributed by atoms with Crippen molar-refractivity contribution < 1.29 is 28.5 Å². The lowest BCUT2D eigenvalue weighted by atomic mass is 10.1. The monoisotopic (exact) mass is 407 g/mol. The van der Waals surface area contributed by atoms with Crippen molar-refractivity contribution >= 4 is 17.6 Å². The molecule has 0 fully saturated rings. The summed E-state index contributed by atoms with van der Waals surface area (Å²) >= 11 is 0. The number of anilines is 1. The van der Waals surface area contributed by atoms with Gasteiger partial charge in [-0.1, -0.05) is 0 Å². The number of ether oxygens (including phenoxy) is 4. The maximum absolute atomic E-state index is 12.5. The number of nitrogens with zero attached hydrogens (tertiary/aromatic N) is 2. The van der Waals surface area contributed by atoms with Crippen molar-refractivity contribution in [3.8, 4) is 17.2 Å². The van der Waals surface area contributed by atoms with E-state index in [2.05, 4.69) is 0 Å². The van der Waals surface area contributed by atoms with Crippen LogP contribution in [-0.2, 0) is 18.8 Å². The van der Waals surface area contributed by atoms with E-state index in [0.29, 0.717) is 5.75 Å². The Kier molecular flexibility index (Phi) is 6.32. The van der Waals surface area contributed by atoms with Crippen molar-refractivity contribution in [2.24, 2.45) is 14.1 Å². The quantitative estimate of drug-likeness (QED) is 0.485. The summed E-state index contributed by atoms with van der Waals surface area (Å²) in [5.41, 5.74) is 3.70. The first-order valence-electron chi connectivity index (χ1n) is 8.23. The molecule has 1 aromatic heterocycles. The molecule has 0 amide bonds. The van der Waals surface area contributed by atoms with Crippen LogP contribution in [0.4, 0.5) is 5.82 Å². The Morgan fingerprint density at radius 3 is 2.03 bits per heavy atom. The predicted molar refractivity (Wildman–Crippen MR) is 102 cm³/mol. The first-order chi connectivity index (χ1) is 13.7. The fourth-order valence-electron chi connectivity index (χ4n) is 2.59. The second-order valence-electron chi connectivity index (χ2n) is 5.87. The molecule has 0 radical (unpaired) electrons. The standard InChI is InChI=1S/C18H21N3O8/c1-20-15(19)14(16(23)21(2)18(20)25)10(22)8-29-17(24)9-6-12(27-4)13(28-5)7-11(9)26-3/h6-7H,8,19H2,1-5H3. The minimum Gasteiger partial charge on any atom is -0.496 e. The van der Waals surface area contributed by atoms with E-state index >= 15 is 0 Å². The Balaban J connectivity index is 2.32. The Hall–Kier alpha value is -3.76. The number of carbonyl (C=O) groups excluding carboxylic acids is 2. The summed E-state index contributed by atoms with van der Waals surface area (Å²) < 4.78 is 22.1. The Labute approximate surface area is 165 Å². The molecule has 0 atom stereocenters. The molecule has 0 bridgehead atoms. The van der Waals surface area contributed by atoms with Crippen LogP contribution in [0.2, 0.25) is 0 Å². The molecule has 0 aliphatic rings. The van der Waals surface area contributed by atoms with Crippen molar-refractivity contribution in [2.45, 2.75) is 0 Å². The lowest BCUT2D eigenvalue weighted by molar-refractivity contribution is 0.0470. The van der Waals surface area contributed by atoms with Crippen LogP contribution in [0.3, 0.4) is 0 Å². The van der Waals surface area contributed by atoms with E-state index in [1.54, 1.807) is 0 Å². The number of esters is 1. The number of Topliss-reactive ketones (excluding diaryl/α,β-unsaturated/α-hetero) is 1. The van der Waals surface area contributed by atoms with Crippen LogP contribution < -0.4 is 31.2 Å². The molecule has 11 nitrogen and oxygen atoms in total. The van der Waals surface area contributed by atoms with Crippen molar-refractivity contribution in [2.75, 3.05) is 33.7 Å². The van der Waals surface area contributed by atoms with E-state index in [1.807, 2.05) is 0 Å². The molecule has 2 rings (SSSR count). The number of hydrogen-bond acceptors (Lipinski definition) is 9. The second-order valence-corrected chi connectivity index (χ2v) is 5.87. The van der Waals surface area contributed by atoms with E-state index in [4.69, 9.17) is 24.7 Å². The van der Waals surface area contributed by atoms with Gasteiger partial charge in [0.25, 0.3) is 5.56 Å². The molecule has 29 heavy (non-hydrogen) atoms. The fourth-order valence-corrected chi connectivity index (χ4v) is 2.59. The van der Waals surface area contributed by atoms with Gasteiger partial charge in [-0.15, -0.1) is 0 Å². The van der Waals surface area contributed by atoms with Crippen LogP contribution >= 0.6 is 0 Å². The SMILES string of the molecule is COc1cc(OC)c(C(=O)OCC(=O)c2c(N)n(C)c(=O)n(C)c2=O)cc1OC. The normalized spacial score (nSPS) is 10.4. The summed E-state index contributed by atoms with van der Waals surface area (Å²) in [7, 11) is 6.68. The van der Waals surface area contributed by atoms with Gasteiger partial charge in [-0.25, -0.2) is 9.59 Å². The highest BCUT2D eigenvalue weighted by Gasteiger charge is 2.24. The maximum Gasteiger partial charge on any atom is 0.342 e. The lowest BCUT2D eigenvalue weighted by Gasteiger charge is -2.14. The number of hydrogen-bond donors (Lipinski definition) is 1. The van der Waals surface area contributed by atoms with Crippen LogP contribution in [0.15, 0.2) is 21.7 Å². The highest BCUT2D eigenvalue weighted by atomic mass is 16.5. The van der Waals surface area contributed by atoms with Crippen molar-refractivity contribution in [1.29, 1.82) is 0 Å². The number of rotatable bonds is 7. The van der Waals surface area contributed by atoms with Gasteiger partial charge in [0.15, 0.2) is 18.1 Å². The van der Waals surface area contributed by atoms with E-state index < -0.39 is 35.2 Å². The molecule has 0 unspecified atom stereocenters. The van der Waals surface area contributed by atoms with E-state index in [9.17, 15) is 19.2 Å². The summed E-state index contributed by atoms with van der Waals surface area (Å²) in [4.78, 5) is 49.0. The molecule has 156 valence electrons. The zero-order valence-electron chi connectivity index (χ0n) is 16.6. The van der Waals surface area contributed by atoms with Gasteiger partial charge in [0.05, 0.1) is 21.3 Å².